The van der Waals surface area contributed by atoms with Crippen LogP contribution in [0.25, 0.3) is 11.2 Å². The van der Waals surface area contributed by atoms with E-state index in [-0.39, 0.29) is 28.5 Å². The fourth-order valence-electron chi connectivity index (χ4n) is 3.47. The maximum atomic E-state index is 13.0. The van der Waals surface area contributed by atoms with Crippen molar-refractivity contribution < 1.29 is 8.42 Å². The van der Waals surface area contributed by atoms with Gasteiger partial charge in [0.1, 0.15) is 5.52 Å². The second-order valence-electron chi connectivity index (χ2n) is 7.11. The zero-order chi connectivity index (χ0) is 20.8. The predicted molar refractivity (Wildman–Crippen MR) is 111 cm³/mol. The predicted octanol–water partition coefficient (Wildman–Crippen LogP) is 2.75. The number of aromatic nitrogens is 4. The van der Waals surface area contributed by atoms with Crippen LogP contribution in [0.4, 0.5) is 5.82 Å². The molecule has 0 spiro atoms. The van der Waals surface area contributed by atoms with E-state index in [0.29, 0.717) is 29.0 Å². The van der Waals surface area contributed by atoms with Gasteiger partial charge in [0.15, 0.2) is 21.3 Å². The molecule has 0 fully saturated rings. The smallest absolute Gasteiger partial charge is 0.295 e. The molecule has 29 heavy (non-hydrogen) atoms. The first-order valence-electron chi connectivity index (χ1n) is 9.33. The molecule has 1 aliphatic heterocycles. The third kappa shape index (κ3) is 3.60. The van der Waals surface area contributed by atoms with E-state index >= 15 is 0 Å². The van der Waals surface area contributed by atoms with E-state index in [4.69, 9.17) is 11.6 Å². The number of fused-ring (bicyclic) bond motifs is 2. The quantitative estimate of drug-likeness (QED) is 0.616. The molecule has 152 valence electrons. The highest BCUT2D eigenvalue weighted by molar-refractivity contribution is 7.91. The van der Waals surface area contributed by atoms with Crippen LogP contribution in [0.2, 0.25) is 5.28 Å². The second-order valence-corrected chi connectivity index (χ2v) is 9.52. The number of aryl methyl sites for hydroxylation is 1. The first-order valence-corrected chi connectivity index (χ1v) is 11.4. The Morgan fingerprint density at radius 3 is 2.86 bits per heavy atom. The van der Waals surface area contributed by atoms with Gasteiger partial charge in [0, 0.05) is 12.6 Å². The molecular formula is C19H20ClN5O3S. The molecule has 0 aliphatic carbocycles. The number of nitrogens with zero attached hydrogens (tertiary/aromatic N) is 4. The lowest BCUT2D eigenvalue weighted by molar-refractivity contribution is 0.526. The van der Waals surface area contributed by atoms with E-state index in [9.17, 15) is 13.2 Å². The number of halogens is 1. The molecule has 1 N–H and O–H groups in total. The molecule has 3 heterocycles. The summed E-state index contributed by atoms with van der Waals surface area (Å²) in [4.78, 5) is 26.0. The molecule has 1 aliphatic rings. The number of hydrogen-bond donors (Lipinski definition) is 1. The van der Waals surface area contributed by atoms with Crippen LogP contribution in [0.15, 0.2) is 34.1 Å². The molecule has 0 radical (unpaired) electrons. The number of sulfone groups is 1. The summed E-state index contributed by atoms with van der Waals surface area (Å²) in [6.45, 7) is 4.26. The lowest BCUT2D eigenvalue weighted by Gasteiger charge is -2.17. The van der Waals surface area contributed by atoms with Crippen molar-refractivity contribution in [2.45, 2.75) is 44.2 Å². The molecule has 1 aromatic carbocycles. The van der Waals surface area contributed by atoms with Gasteiger partial charge in [-0.25, -0.2) is 18.4 Å². The summed E-state index contributed by atoms with van der Waals surface area (Å²) in [6, 6.07) is 5.16. The van der Waals surface area contributed by atoms with E-state index < -0.39 is 9.84 Å². The van der Waals surface area contributed by atoms with Gasteiger partial charge in [-0.1, -0.05) is 19.1 Å². The summed E-state index contributed by atoms with van der Waals surface area (Å²) in [7, 11) is -3.15. The Bertz CT molecular complexity index is 1270. The zero-order valence-corrected chi connectivity index (χ0v) is 17.6. The van der Waals surface area contributed by atoms with E-state index in [1.54, 1.807) is 16.7 Å². The van der Waals surface area contributed by atoms with Crippen molar-refractivity contribution in [3.05, 3.63) is 51.2 Å². The van der Waals surface area contributed by atoms with Crippen molar-refractivity contribution in [1.29, 1.82) is 0 Å². The number of hydrogen-bond acceptors (Lipinski definition) is 7. The maximum absolute atomic E-state index is 13.0. The number of nitrogens with one attached hydrogen (secondary N) is 1. The number of rotatable bonds is 5. The van der Waals surface area contributed by atoms with Gasteiger partial charge in [-0.3, -0.25) is 9.36 Å². The minimum Gasteiger partial charge on any atom is -0.361 e. The second kappa shape index (κ2) is 7.38. The Balaban J connectivity index is 1.69. The summed E-state index contributed by atoms with van der Waals surface area (Å²) in [5.74, 6) is 0.338. The standard InChI is InChI=1S/C19H20ClN5O3S/c1-3-11(2)25-17-14(10-22-19(20)24-17)23-16(18(25)26)21-9-12-4-5-15-13(8-12)6-7-29(15,27)28/h4-5,8,10-11H,3,6-7,9H2,1-2H3,(H,21,23)/t11-/m1/s1. The topological polar surface area (TPSA) is 107 Å². The summed E-state index contributed by atoms with van der Waals surface area (Å²) < 4.78 is 25.5. The van der Waals surface area contributed by atoms with Crippen LogP contribution in [0.1, 0.15) is 37.4 Å². The molecule has 10 heteroatoms. The van der Waals surface area contributed by atoms with Crippen LogP contribution in [0.3, 0.4) is 0 Å². The Morgan fingerprint density at radius 1 is 1.31 bits per heavy atom. The average molecular weight is 434 g/mol. The highest BCUT2D eigenvalue weighted by Gasteiger charge is 2.26. The fourth-order valence-corrected chi connectivity index (χ4v) is 5.14. The summed E-state index contributed by atoms with van der Waals surface area (Å²) in [5.41, 5.74) is 2.28. The van der Waals surface area contributed by atoms with Crippen LogP contribution >= 0.6 is 11.6 Å². The molecule has 0 saturated heterocycles. The monoisotopic (exact) mass is 433 g/mol. The summed E-state index contributed by atoms with van der Waals surface area (Å²) in [6.07, 6.45) is 2.74. The molecule has 4 rings (SSSR count). The van der Waals surface area contributed by atoms with Crippen LogP contribution in [-0.2, 0) is 22.8 Å². The molecule has 1 atom stereocenters. The molecular weight excluding hydrogens is 414 g/mol. The zero-order valence-electron chi connectivity index (χ0n) is 16.0. The molecule has 0 bridgehead atoms. The van der Waals surface area contributed by atoms with Crippen molar-refractivity contribution in [2.24, 2.45) is 0 Å². The van der Waals surface area contributed by atoms with E-state index in [0.717, 1.165) is 17.5 Å². The highest BCUT2D eigenvalue weighted by atomic mass is 35.5. The van der Waals surface area contributed by atoms with Gasteiger partial charge in [-0.05, 0) is 48.6 Å². The Kier molecular flexibility index (Phi) is 5.04. The van der Waals surface area contributed by atoms with Gasteiger partial charge >= 0.3 is 0 Å². The summed E-state index contributed by atoms with van der Waals surface area (Å²) >= 11 is 5.91. The van der Waals surface area contributed by atoms with Crippen molar-refractivity contribution >= 4 is 38.4 Å². The van der Waals surface area contributed by atoms with Gasteiger partial charge in [0.25, 0.3) is 5.56 Å². The minimum atomic E-state index is -3.15. The third-order valence-electron chi connectivity index (χ3n) is 5.19. The fraction of sp³-hybridized carbons (Fsp3) is 0.368. The third-order valence-corrected chi connectivity index (χ3v) is 7.19. The normalized spacial score (nSPS) is 16.0. The SMILES string of the molecule is CC[C@@H](C)n1c(=O)c(NCc2ccc3c(c2)CCS3(=O)=O)nc2cnc(Cl)nc21. The van der Waals surface area contributed by atoms with Crippen LogP contribution in [-0.4, -0.2) is 33.7 Å². The van der Waals surface area contributed by atoms with Crippen molar-refractivity contribution in [2.75, 3.05) is 11.1 Å². The average Bonchev–Trinajstić information content (AvgIpc) is 3.00. The first kappa shape index (κ1) is 19.8. The molecule has 8 nitrogen and oxygen atoms in total. The Hall–Kier alpha value is -2.52. The van der Waals surface area contributed by atoms with Gasteiger partial charge in [-0.2, -0.15) is 4.98 Å². The van der Waals surface area contributed by atoms with Crippen molar-refractivity contribution in [3.8, 4) is 0 Å². The Labute approximate surface area is 172 Å². The minimum absolute atomic E-state index is 0.0598. The first-order chi connectivity index (χ1) is 13.8. The lowest BCUT2D eigenvalue weighted by atomic mass is 10.1. The largest absolute Gasteiger partial charge is 0.361 e. The molecule has 3 aromatic rings. The van der Waals surface area contributed by atoms with E-state index in [1.807, 2.05) is 19.9 Å². The Morgan fingerprint density at radius 2 is 2.10 bits per heavy atom. The highest BCUT2D eigenvalue weighted by Crippen LogP contribution is 2.27. The molecule has 2 aromatic heterocycles. The van der Waals surface area contributed by atoms with Gasteiger partial charge in [0.2, 0.25) is 5.28 Å². The van der Waals surface area contributed by atoms with E-state index in [1.165, 1.54) is 6.20 Å². The lowest BCUT2D eigenvalue weighted by Crippen LogP contribution is -2.28. The number of anilines is 1. The van der Waals surface area contributed by atoms with Gasteiger partial charge in [-0.15, -0.1) is 0 Å². The van der Waals surface area contributed by atoms with Crippen LogP contribution < -0.4 is 10.9 Å². The van der Waals surface area contributed by atoms with Crippen molar-refractivity contribution in [1.82, 2.24) is 19.5 Å². The maximum Gasteiger partial charge on any atom is 0.295 e. The van der Waals surface area contributed by atoms with Gasteiger partial charge in [0.05, 0.1) is 16.8 Å². The summed E-state index contributed by atoms with van der Waals surface area (Å²) in [5, 5.41) is 3.14. The number of benzene rings is 1. The van der Waals surface area contributed by atoms with Crippen molar-refractivity contribution in [3.63, 3.8) is 0 Å². The molecule has 0 saturated carbocycles. The molecule has 0 amide bonds. The molecule has 0 unspecified atom stereocenters. The van der Waals surface area contributed by atoms with E-state index in [2.05, 4.69) is 20.3 Å². The van der Waals surface area contributed by atoms with Gasteiger partial charge < -0.3 is 5.32 Å². The van der Waals surface area contributed by atoms with Crippen LogP contribution in [0.5, 0.6) is 0 Å². The van der Waals surface area contributed by atoms with Crippen LogP contribution in [0, 0.1) is 0 Å².